The molecule has 3 heterocycles. The molecule has 0 aliphatic carbocycles. The summed E-state index contributed by atoms with van der Waals surface area (Å²) >= 11 is 1.03. The Morgan fingerprint density at radius 1 is 1.11 bits per heavy atom. The summed E-state index contributed by atoms with van der Waals surface area (Å²) in [6.07, 6.45) is 0. The largest absolute Gasteiger partial charge is 0.507 e. The Morgan fingerprint density at radius 2 is 1.81 bits per heavy atom. The van der Waals surface area contributed by atoms with Gasteiger partial charge in [-0.2, -0.15) is 0 Å². The Kier molecular flexibility index (Phi) is 5.97. The maximum atomic E-state index is 13.3. The number of anilines is 1. The number of benzene rings is 2. The maximum absolute atomic E-state index is 13.3. The molecule has 10 heteroatoms. The highest BCUT2D eigenvalue weighted by molar-refractivity contribution is 7.18. The number of fused-ring (bicyclic) bond motifs is 1. The van der Waals surface area contributed by atoms with Gasteiger partial charge in [-0.05, 0) is 42.8 Å². The third-order valence-electron chi connectivity index (χ3n) is 6.00. The molecule has 36 heavy (non-hydrogen) atoms. The lowest BCUT2D eigenvalue weighted by Gasteiger charge is -2.23. The molecule has 0 saturated carbocycles. The van der Waals surface area contributed by atoms with Crippen LogP contribution in [0, 0.1) is 6.92 Å². The molecule has 0 bridgehead atoms. The van der Waals surface area contributed by atoms with Crippen LogP contribution in [-0.2, 0) is 9.59 Å². The van der Waals surface area contributed by atoms with Crippen LogP contribution in [0.5, 0.6) is 17.2 Å². The number of aliphatic hydroxyl groups excluding tert-OH is 1. The third kappa shape index (κ3) is 3.89. The van der Waals surface area contributed by atoms with Crippen molar-refractivity contribution >= 4 is 39.7 Å². The molecule has 1 unspecified atom stereocenters. The van der Waals surface area contributed by atoms with Crippen LogP contribution in [0.15, 0.2) is 48.0 Å². The van der Waals surface area contributed by atoms with E-state index in [9.17, 15) is 19.5 Å². The molecule has 5 rings (SSSR count). The topological polar surface area (TPSA) is 115 Å². The first-order valence-electron chi connectivity index (χ1n) is 11.1. The monoisotopic (exact) mass is 506 g/mol. The summed E-state index contributed by atoms with van der Waals surface area (Å²) in [5, 5.41) is 11.5. The molecular formula is C26H22N2O7S. The highest BCUT2D eigenvalue weighted by Gasteiger charge is 2.48. The number of aromatic nitrogens is 1. The Hall–Kier alpha value is -4.18. The number of nitrogens with zero attached hydrogens (tertiary/aromatic N) is 2. The van der Waals surface area contributed by atoms with Gasteiger partial charge >= 0.3 is 5.91 Å². The van der Waals surface area contributed by atoms with E-state index in [1.165, 1.54) is 18.9 Å². The summed E-state index contributed by atoms with van der Waals surface area (Å²) < 4.78 is 16.4. The SMILES string of the molecule is COc1ccc(C2/C(=C(/O)c3ccc4c(c3)OCCO4)C(=O)C(=O)N2c2nc(C)c(C(C)=O)s2)cc1. The highest BCUT2D eigenvalue weighted by Crippen LogP contribution is 2.45. The van der Waals surface area contributed by atoms with E-state index in [1.54, 1.807) is 49.4 Å². The zero-order valence-electron chi connectivity index (χ0n) is 19.7. The zero-order chi connectivity index (χ0) is 25.6. The molecule has 0 spiro atoms. The van der Waals surface area contributed by atoms with Crippen molar-refractivity contribution in [3.05, 3.63) is 69.7 Å². The number of carbonyl (C=O) groups excluding carboxylic acids is 3. The van der Waals surface area contributed by atoms with Crippen LogP contribution in [0.4, 0.5) is 5.13 Å². The van der Waals surface area contributed by atoms with Crippen molar-refractivity contribution in [2.45, 2.75) is 19.9 Å². The molecule has 184 valence electrons. The van der Waals surface area contributed by atoms with Gasteiger partial charge in [0.2, 0.25) is 0 Å². The molecule has 1 aromatic heterocycles. The number of hydrogen-bond acceptors (Lipinski definition) is 9. The van der Waals surface area contributed by atoms with Crippen LogP contribution < -0.4 is 19.1 Å². The number of carbonyl (C=O) groups is 3. The number of amides is 1. The summed E-state index contributed by atoms with van der Waals surface area (Å²) in [7, 11) is 1.53. The summed E-state index contributed by atoms with van der Waals surface area (Å²) in [5.74, 6) is -0.702. The zero-order valence-corrected chi connectivity index (χ0v) is 20.5. The first-order chi connectivity index (χ1) is 17.3. The second-order valence-electron chi connectivity index (χ2n) is 8.27. The van der Waals surface area contributed by atoms with Crippen molar-refractivity contribution in [1.29, 1.82) is 0 Å². The molecule has 9 nitrogen and oxygen atoms in total. The number of ether oxygens (including phenoxy) is 3. The fourth-order valence-electron chi connectivity index (χ4n) is 4.29. The van der Waals surface area contributed by atoms with Gasteiger partial charge in [-0.15, -0.1) is 0 Å². The molecule has 1 amide bonds. The molecule has 3 aromatic rings. The molecule has 2 aliphatic rings. The number of aryl methyl sites for hydroxylation is 1. The summed E-state index contributed by atoms with van der Waals surface area (Å²) in [6.45, 7) is 3.86. The number of Topliss-reactive ketones (excluding diaryl/α,β-unsaturated/α-hetero) is 2. The second kappa shape index (κ2) is 9.12. The first kappa shape index (κ1) is 23.6. The molecular weight excluding hydrogens is 484 g/mol. The van der Waals surface area contributed by atoms with Crippen molar-refractivity contribution in [2.24, 2.45) is 0 Å². The fraction of sp³-hybridized carbons (Fsp3) is 0.231. The Balaban J connectivity index is 1.69. The lowest BCUT2D eigenvalue weighted by atomic mass is 9.95. The van der Waals surface area contributed by atoms with E-state index in [4.69, 9.17) is 14.2 Å². The van der Waals surface area contributed by atoms with E-state index < -0.39 is 17.7 Å². The van der Waals surface area contributed by atoms with Gasteiger partial charge in [0.05, 0.1) is 29.3 Å². The van der Waals surface area contributed by atoms with Gasteiger partial charge in [0.15, 0.2) is 22.4 Å². The smallest absolute Gasteiger partial charge is 0.301 e. The van der Waals surface area contributed by atoms with E-state index in [1.807, 2.05) is 0 Å². The molecule has 0 radical (unpaired) electrons. The number of rotatable bonds is 5. The quantitative estimate of drug-likeness (QED) is 0.238. The van der Waals surface area contributed by atoms with E-state index in [2.05, 4.69) is 4.98 Å². The minimum Gasteiger partial charge on any atom is -0.507 e. The number of hydrogen-bond donors (Lipinski definition) is 1. The Bertz CT molecular complexity index is 1420. The van der Waals surface area contributed by atoms with Crippen molar-refractivity contribution in [2.75, 3.05) is 25.2 Å². The van der Waals surface area contributed by atoms with Gasteiger partial charge in [0.25, 0.3) is 5.78 Å². The standard InChI is InChI=1S/C26H22N2O7S/c1-13-24(14(2)29)36-26(27-13)28-21(15-4-7-17(33-3)8-5-15)20(23(31)25(28)32)22(30)16-6-9-18-19(12-16)35-11-10-34-18/h4-9,12,21,30H,10-11H2,1-3H3/b22-20-. The maximum Gasteiger partial charge on any atom is 0.301 e. The number of ketones is 2. The fourth-order valence-corrected chi connectivity index (χ4v) is 5.28. The molecule has 1 N–H and O–H groups in total. The van der Waals surface area contributed by atoms with Crippen LogP contribution in [0.2, 0.25) is 0 Å². The van der Waals surface area contributed by atoms with E-state index in [0.717, 1.165) is 11.3 Å². The van der Waals surface area contributed by atoms with Crippen molar-refractivity contribution in [3.8, 4) is 17.2 Å². The van der Waals surface area contributed by atoms with Gasteiger partial charge in [0, 0.05) is 12.5 Å². The minimum atomic E-state index is -0.977. The summed E-state index contributed by atoms with van der Waals surface area (Å²) in [5.41, 5.74) is 1.23. The third-order valence-corrected chi connectivity index (χ3v) is 7.26. The predicted octanol–water partition coefficient (Wildman–Crippen LogP) is 4.06. The van der Waals surface area contributed by atoms with E-state index in [0.29, 0.717) is 52.2 Å². The minimum absolute atomic E-state index is 0.0981. The molecule has 2 aliphatic heterocycles. The van der Waals surface area contributed by atoms with E-state index >= 15 is 0 Å². The lowest BCUT2D eigenvalue weighted by Crippen LogP contribution is -2.29. The van der Waals surface area contributed by atoms with Crippen LogP contribution in [0.3, 0.4) is 0 Å². The summed E-state index contributed by atoms with van der Waals surface area (Å²) in [4.78, 5) is 44.8. The number of aliphatic hydroxyl groups is 1. The second-order valence-corrected chi connectivity index (χ2v) is 9.25. The first-order valence-corrected chi connectivity index (χ1v) is 11.9. The van der Waals surface area contributed by atoms with Crippen molar-refractivity contribution in [3.63, 3.8) is 0 Å². The van der Waals surface area contributed by atoms with Gasteiger partial charge in [-0.25, -0.2) is 4.98 Å². The lowest BCUT2D eigenvalue weighted by molar-refractivity contribution is -0.132. The average molecular weight is 507 g/mol. The average Bonchev–Trinajstić information content (AvgIpc) is 3.40. The van der Waals surface area contributed by atoms with Crippen LogP contribution in [0.1, 0.15) is 39.5 Å². The van der Waals surface area contributed by atoms with Gasteiger partial charge in [0.1, 0.15) is 24.7 Å². The molecule has 1 atom stereocenters. The highest BCUT2D eigenvalue weighted by atomic mass is 32.1. The Morgan fingerprint density at radius 3 is 2.44 bits per heavy atom. The van der Waals surface area contributed by atoms with Crippen molar-refractivity contribution in [1.82, 2.24) is 4.98 Å². The number of thiazole rings is 1. The van der Waals surface area contributed by atoms with Crippen molar-refractivity contribution < 1.29 is 33.7 Å². The van der Waals surface area contributed by atoms with Gasteiger partial charge in [-0.1, -0.05) is 23.5 Å². The van der Waals surface area contributed by atoms with Crippen LogP contribution in [0.25, 0.3) is 5.76 Å². The van der Waals surface area contributed by atoms with Crippen LogP contribution >= 0.6 is 11.3 Å². The molecule has 2 aromatic carbocycles. The normalized spacial score (nSPS) is 18.4. The van der Waals surface area contributed by atoms with Gasteiger partial charge in [-0.3, -0.25) is 19.3 Å². The van der Waals surface area contributed by atoms with E-state index in [-0.39, 0.29) is 22.2 Å². The number of methoxy groups -OCH3 is 1. The predicted molar refractivity (Wildman–Crippen MR) is 132 cm³/mol. The summed E-state index contributed by atoms with van der Waals surface area (Å²) in [6, 6.07) is 10.7. The van der Waals surface area contributed by atoms with Gasteiger partial charge < -0.3 is 19.3 Å². The Labute approximate surface area is 210 Å². The van der Waals surface area contributed by atoms with Crippen LogP contribution in [-0.4, -0.2) is 47.9 Å². The molecule has 1 fully saturated rings. The molecule has 1 saturated heterocycles.